The van der Waals surface area contributed by atoms with E-state index < -0.39 is 0 Å². The molecule has 1 fully saturated rings. The minimum Gasteiger partial charge on any atom is -0.383 e. The maximum atomic E-state index is 13.1. The highest BCUT2D eigenvalue weighted by Crippen LogP contribution is 2.22. The van der Waals surface area contributed by atoms with E-state index >= 15 is 0 Å². The molecule has 1 aromatic heterocycles. The summed E-state index contributed by atoms with van der Waals surface area (Å²) in [6.07, 6.45) is 4.76. The van der Waals surface area contributed by atoms with Gasteiger partial charge in [-0.15, -0.1) is 0 Å². The zero-order chi connectivity index (χ0) is 26.7. The fraction of sp³-hybridized carbons (Fsp3) is 0.379. The second-order valence-electron chi connectivity index (χ2n) is 9.54. The number of carbonyl (C=O) groups excluding carboxylic acids is 1. The van der Waals surface area contributed by atoms with Gasteiger partial charge in [0, 0.05) is 50.1 Å². The van der Waals surface area contributed by atoms with E-state index in [1.165, 1.54) is 0 Å². The molecule has 1 amide bonds. The lowest BCUT2D eigenvalue weighted by molar-refractivity contribution is -0.131. The van der Waals surface area contributed by atoms with Crippen LogP contribution in [0.4, 0.5) is 5.95 Å². The summed E-state index contributed by atoms with van der Waals surface area (Å²) in [5, 5.41) is 6.74. The molecule has 4 N–H and O–H groups in total. The van der Waals surface area contributed by atoms with E-state index in [4.69, 9.17) is 15.5 Å². The van der Waals surface area contributed by atoms with Crippen molar-refractivity contribution in [3.8, 4) is 0 Å². The summed E-state index contributed by atoms with van der Waals surface area (Å²) in [6.45, 7) is 4.21. The van der Waals surface area contributed by atoms with E-state index in [1.807, 2.05) is 35.2 Å². The Labute approximate surface area is 224 Å². The summed E-state index contributed by atoms with van der Waals surface area (Å²) < 4.78 is 5.23. The van der Waals surface area contributed by atoms with Crippen LogP contribution in [0.5, 0.6) is 0 Å². The molecule has 9 nitrogen and oxygen atoms in total. The number of benzene rings is 2. The number of nitrogens with one attached hydrogen (secondary N) is 2. The van der Waals surface area contributed by atoms with Crippen LogP contribution in [0.25, 0.3) is 0 Å². The van der Waals surface area contributed by atoms with E-state index in [0.717, 1.165) is 29.5 Å². The Balaban J connectivity index is 1.39. The molecule has 2 heterocycles. The van der Waals surface area contributed by atoms with Crippen LogP contribution in [0.2, 0.25) is 0 Å². The third-order valence-electron chi connectivity index (χ3n) is 6.85. The number of hydrogen-bond acceptors (Lipinski definition) is 7. The monoisotopic (exact) mass is 515 g/mol. The largest absolute Gasteiger partial charge is 0.383 e. The number of ether oxygens (including phenoxy) is 1. The van der Waals surface area contributed by atoms with Gasteiger partial charge in [-0.3, -0.25) is 10.1 Å². The number of aromatic nitrogens is 2. The maximum Gasteiger partial charge on any atom is 0.236 e. The Morgan fingerprint density at radius 1 is 1.08 bits per heavy atom. The average Bonchev–Trinajstić information content (AvgIpc) is 2.96. The average molecular weight is 516 g/mol. The number of amides is 1. The number of piperidine rings is 1. The predicted octanol–water partition coefficient (Wildman–Crippen LogP) is 3.15. The number of nitrogens with zero attached hydrogens (tertiary/aromatic N) is 4. The topological polar surface area (TPSA) is 118 Å². The van der Waals surface area contributed by atoms with Gasteiger partial charge in [-0.25, -0.2) is 15.0 Å². The summed E-state index contributed by atoms with van der Waals surface area (Å²) in [4.78, 5) is 28.3. The summed E-state index contributed by atoms with van der Waals surface area (Å²) in [6, 6.07) is 20.0. The fourth-order valence-electron chi connectivity index (χ4n) is 4.57. The van der Waals surface area contributed by atoms with Crippen molar-refractivity contribution in [2.45, 2.75) is 44.5 Å². The first-order chi connectivity index (χ1) is 18.5. The molecule has 9 heteroatoms. The van der Waals surface area contributed by atoms with Crippen molar-refractivity contribution < 1.29 is 9.53 Å². The molecule has 3 aromatic rings. The molecule has 0 spiro atoms. The van der Waals surface area contributed by atoms with Crippen molar-refractivity contribution >= 4 is 17.7 Å². The number of hydrogen-bond donors (Lipinski definition) is 3. The molecule has 0 saturated carbocycles. The molecule has 0 radical (unpaired) electrons. The summed E-state index contributed by atoms with van der Waals surface area (Å²) in [7, 11) is 1.69. The minimum absolute atomic E-state index is 0.0116. The summed E-state index contributed by atoms with van der Waals surface area (Å²) in [5.74, 6) is 1.11. The van der Waals surface area contributed by atoms with Crippen molar-refractivity contribution in [1.82, 2.24) is 20.2 Å². The molecule has 0 aliphatic carbocycles. The van der Waals surface area contributed by atoms with Crippen molar-refractivity contribution in [1.29, 1.82) is 0 Å². The zero-order valence-electron chi connectivity index (χ0n) is 22.1. The van der Waals surface area contributed by atoms with Crippen molar-refractivity contribution in [2.75, 3.05) is 32.1 Å². The Kier molecular flexibility index (Phi) is 9.77. The minimum atomic E-state index is -0.373. The smallest absolute Gasteiger partial charge is 0.236 e. The molecule has 1 saturated heterocycles. The van der Waals surface area contributed by atoms with Crippen molar-refractivity contribution in [3.63, 3.8) is 0 Å². The number of likely N-dealkylation sites (tertiary alicyclic amines) is 1. The van der Waals surface area contributed by atoms with Crippen LogP contribution in [0.15, 0.2) is 78.0 Å². The Morgan fingerprint density at radius 3 is 2.42 bits per heavy atom. The van der Waals surface area contributed by atoms with Crippen LogP contribution in [0.3, 0.4) is 0 Å². The molecule has 200 valence electrons. The number of anilines is 1. The Morgan fingerprint density at radius 2 is 1.76 bits per heavy atom. The molecule has 2 unspecified atom stereocenters. The van der Waals surface area contributed by atoms with E-state index in [1.54, 1.807) is 25.6 Å². The SMILES string of the molecule is COCc1ccc(C(C)C(N=C(N)c2ccccc2)NCC(=O)N2CCC(Nc3ncccn3)CC2)cc1. The molecule has 1 aliphatic heterocycles. The van der Waals surface area contributed by atoms with Gasteiger partial charge in [-0.2, -0.15) is 0 Å². The number of rotatable bonds is 11. The highest BCUT2D eigenvalue weighted by Gasteiger charge is 2.25. The van der Waals surface area contributed by atoms with Gasteiger partial charge in [0.15, 0.2) is 0 Å². The standard InChI is InChI=1S/C29H37N7O2/c1-21(23-11-9-22(10-12-23)20-38-2)28(35-27(30)24-7-4-3-5-8-24)33-19-26(37)36-17-13-25(14-18-36)34-29-31-15-6-16-32-29/h3-12,15-16,21,25,28,33H,13-14,17-20H2,1-2H3,(H2,30,35)(H,31,32,34). The second-order valence-corrected chi connectivity index (χ2v) is 9.54. The number of amidine groups is 1. The quantitative estimate of drug-likeness (QED) is 0.265. The predicted molar refractivity (Wildman–Crippen MR) is 150 cm³/mol. The zero-order valence-corrected chi connectivity index (χ0v) is 22.1. The molecular weight excluding hydrogens is 478 g/mol. The van der Waals surface area contributed by atoms with Gasteiger partial charge < -0.3 is 20.7 Å². The fourth-order valence-corrected chi connectivity index (χ4v) is 4.57. The first-order valence-corrected chi connectivity index (χ1v) is 13.0. The van der Waals surface area contributed by atoms with Crippen LogP contribution in [0.1, 0.15) is 42.4 Å². The molecule has 1 aliphatic rings. The van der Waals surface area contributed by atoms with E-state index in [9.17, 15) is 4.79 Å². The number of nitrogens with two attached hydrogens (primary N) is 1. The van der Waals surface area contributed by atoms with E-state index in [-0.39, 0.29) is 30.6 Å². The lowest BCUT2D eigenvalue weighted by atomic mass is 9.96. The second kappa shape index (κ2) is 13.6. The highest BCUT2D eigenvalue weighted by molar-refractivity contribution is 5.97. The van der Waals surface area contributed by atoms with Gasteiger partial charge in [0.25, 0.3) is 0 Å². The van der Waals surface area contributed by atoms with Crippen LogP contribution >= 0.6 is 0 Å². The molecule has 4 rings (SSSR count). The lowest BCUT2D eigenvalue weighted by Crippen LogP contribution is -2.47. The highest BCUT2D eigenvalue weighted by atomic mass is 16.5. The number of aliphatic imine (C=N–C) groups is 1. The molecule has 38 heavy (non-hydrogen) atoms. The van der Waals surface area contributed by atoms with E-state index in [2.05, 4.69) is 51.8 Å². The van der Waals surface area contributed by atoms with Gasteiger partial charge in [-0.05, 0) is 30.0 Å². The van der Waals surface area contributed by atoms with Crippen molar-refractivity contribution in [2.24, 2.45) is 10.7 Å². The van der Waals surface area contributed by atoms with Crippen LogP contribution in [-0.4, -0.2) is 65.6 Å². The normalized spacial score (nSPS) is 16.2. The van der Waals surface area contributed by atoms with Gasteiger partial charge in [0.2, 0.25) is 11.9 Å². The first-order valence-electron chi connectivity index (χ1n) is 13.0. The van der Waals surface area contributed by atoms with Gasteiger partial charge in [-0.1, -0.05) is 61.5 Å². The third kappa shape index (κ3) is 7.60. The molecule has 2 atom stereocenters. The maximum absolute atomic E-state index is 13.1. The third-order valence-corrected chi connectivity index (χ3v) is 6.85. The van der Waals surface area contributed by atoms with Crippen molar-refractivity contribution in [3.05, 3.63) is 89.7 Å². The summed E-state index contributed by atoms with van der Waals surface area (Å²) >= 11 is 0. The lowest BCUT2D eigenvalue weighted by Gasteiger charge is -2.33. The van der Waals surface area contributed by atoms with Crippen LogP contribution < -0.4 is 16.4 Å². The number of methoxy groups -OCH3 is 1. The van der Waals surface area contributed by atoms with Crippen LogP contribution in [-0.2, 0) is 16.1 Å². The molecule has 2 aromatic carbocycles. The van der Waals surface area contributed by atoms with E-state index in [0.29, 0.717) is 31.5 Å². The Bertz CT molecular complexity index is 1160. The Hall–Kier alpha value is -3.82. The molecule has 0 bridgehead atoms. The van der Waals surface area contributed by atoms with Gasteiger partial charge >= 0.3 is 0 Å². The summed E-state index contributed by atoms with van der Waals surface area (Å²) in [5.41, 5.74) is 9.45. The van der Waals surface area contributed by atoms with Crippen LogP contribution in [0, 0.1) is 0 Å². The number of carbonyl (C=O) groups is 1. The molecular formula is C29H37N7O2. The van der Waals surface area contributed by atoms with Gasteiger partial charge in [0.05, 0.1) is 13.2 Å². The first kappa shape index (κ1) is 27.2. The van der Waals surface area contributed by atoms with Gasteiger partial charge in [0.1, 0.15) is 12.0 Å².